The number of hydrogen-bond donors (Lipinski definition) is 2. The quantitative estimate of drug-likeness (QED) is 0.457. The van der Waals surface area contributed by atoms with E-state index in [1.807, 2.05) is 55.9 Å². The highest BCUT2D eigenvalue weighted by Gasteiger charge is 2.21. The Kier molecular flexibility index (Phi) is 5.42. The van der Waals surface area contributed by atoms with Crippen molar-refractivity contribution >= 4 is 22.8 Å². The first-order valence-electron chi connectivity index (χ1n) is 9.74. The fraction of sp³-hybridized carbons (Fsp3) is 0.350. The first-order chi connectivity index (χ1) is 14.5. The molecule has 0 bridgehead atoms. The highest BCUT2D eigenvalue weighted by molar-refractivity contribution is 5.72. The van der Waals surface area contributed by atoms with Crippen LogP contribution >= 0.6 is 0 Å². The maximum absolute atomic E-state index is 9.01. The second kappa shape index (κ2) is 8.17. The average molecular weight is 408 g/mol. The lowest BCUT2D eigenvalue weighted by molar-refractivity contribution is -0.0369. The summed E-state index contributed by atoms with van der Waals surface area (Å²) >= 11 is 0. The molecule has 0 atom stereocenters. The van der Waals surface area contributed by atoms with Crippen molar-refractivity contribution in [3.05, 3.63) is 48.4 Å². The SMILES string of the molecule is CCn1cc(Nc2ncc3nnn(-c4ccc(C(C)(C)OCCO)cc4)c3n2)cn1. The molecule has 0 aliphatic carbocycles. The van der Waals surface area contributed by atoms with Gasteiger partial charge < -0.3 is 15.2 Å². The maximum Gasteiger partial charge on any atom is 0.229 e. The number of fused-ring (bicyclic) bond motifs is 1. The van der Waals surface area contributed by atoms with Gasteiger partial charge in [0.25, 0.3) is 0 Å². The molecular weight excluding hydrogens is 384 g/mol. The molecule has 0 amide bonds. The second-order valence-electron chi connectivity index (χ2n) is 7.24. The highest BCUT2D eigenvalue weighted by Crippen LogP contribution is 2.26. The predicted octanol–water partition coefficient (Wildman–Crippen LogP) is 2.41. The van der Waals surface area contributed by atoms with Crippen LogP contribution in [-0.4, -0.2) is 53.1 Å². The van der Waals surface area contributed by atoms with Crippen LogP contribution < -0.4 is 5.32 Å². The van der Waals surface area contributed by atoms with Crippen LogP contribution in [0.4, 0.5) is 11.6 Å². The lowest BCUT2D eigenvalue weighted by Crippen LogP contribution is -2.23. The van der Waals surface area contributed by atoms with Gasteiger partial charge in [-0.1, -0.05) is 17.3 Å². The molecule has 0 saturated carbocycles. The van der Waals surface area contributed by atoms with Crippen LogP contribution in [0.2, 0.25) is 0 Å². The number of aryl methyl sites for hydroxylation is 1. The van der Waals surface area contributed by atoms with E-state index < -0.39 is 5.60 Å². The number of nitrogens with one attached hydrogen (secondary N) is 1. The average Bonchev–Trinajstić information content (AvgIpc) is 3.39. The standard InChI is InChI=1S/C20H24N8O2/c1-4-27-13-15(11-22-27)23-19-21-12-17-18(24-19)28(26-25-17)16-7-5-14(6-8-16)20(2,3)30-10-9-29/h5-8,11-13,29H,4,9-10H2,1-3H3,(H,21,23,24). The number of rotatable bonds is 8. The van der Waals surface area contributed by atoms with E-state index in [-0.39, 0.29) is 13.2 Å². The van der Waals surface area contributed by atoms with Gasteiger partial charge in [0.1, 0.15) is 0 Å². The van der Waals surface area contributed by atoms with E-state index in [1.54, 1.807) is 17.1 Å². The molecule has 3 aromatic heterocycles. The Morgan fingerprint density at radius 3 is 2.67 bits per heavy atom. The van der Waals surface area contributed by atoms with E-state index in [9.17, 15) is 0 Å². The normalized spacial score (nSPS) is 11.9. The zero-order valence-corrected chi connectivity index (χ0v) is 17.1. The minimum atomic E-state index is -0.506. The van der Waals surface area contributed by atoms with Gasteiger partial charge in [-0.25, -0.2) is 4.98 Å². The highest BCUT2D eigenvalue weighted by atomic mass is 16.5. The van der Waals surface area contributed by atoms with Gasteiger partial charge in [0.05, 0.1) is 42.6 Å². The van der Waals surface area contributed by atoms with Gasteiger partial charge in [-0.15, -0.1) is 5.10 Å². The van der Waals surface area contributed by atoms with E-state index in [1.165, 1.54) is 0 Å². The van der Waals surface area contributed by atoms with Crippen LogP contribution in [0.1, 0.15) is 26.3 Å². The molecule has 10 nitrogen and oxygen atoms in total. The summed E-state index contributed by atoms with van der Waals surface area (Å²) in [5.41, 5.74) is 3.31. The molecule has 1 aromatic carbocycles. The first-order valence-corrected chi connectivity index (χ1v) is 9.74. The summed E-state index contributed by atoms with van der Waals surface area (Å²) in [5, 5.41) is 24.8. The van der Waals surface area contributed by atoms with Crippen molar-refractivity contribution in [3.8, 4) is 5.69 Å². The monoisotopic (exact) mass is 408 g/mol. The largest absolute Gasteiger partial charge is 0.394 e. The molecule has 0 saturated heterocycles. The van der Waals surface area contributed by atoms with Gasteiger partial charge >= 0.3 is 0 Å². The van der Waals surface area contributed by atoms with Crippen LogP contribution in [0.5, 0.6) is 0 Å². The van der Waals surface area contributed by atoms with Gasteiger partial charge in [0, 0.05) is 12.7 Å². The molecule has 0 spiro atoms. The molecule has 4 aromatic rings. The molecule has 10 heteroatoms. The van der Waals surface area contributed by atoms with Crippen LogP contribution in [-0.2, 0) is 16.9 Å². The summed E-state index contributed by atoms with van der Waals surface area (Å²) < 4.78 is 9.22. The number of anilines is 2. The first kappa shape index (κ1) is 19.9. The number of hydrogen-bond acceptors (Lipinski definition) is 8. The van der Waals surface area contributed by atoms with Crippen molar-refractivity contribution in [2.24, 2.45) is 0 Å². The van der Waals surface area contributed by atoms with E-state index in [4.69, 9.17) is 9.84 Å². The van der Waals surface area contributed by atoms with Crippen molar-refractivity contribution in [2.45, 2.75) is 32.9 Å². The summed E-state index contributed by atoms with van der Waals surface area (Å²) in [5.74, 6) is 0.442. The van der Waals surface area contributed by atoms with Crippen molar-refractivity contribution in [1.82, 2.24) is 34.7 Å². The molecule has 30 heavy (non-hydrogen) atoms. The maximum atomic E-state index is 9.01. The van der Waals surface area contributed by atoms with Crippen LogP contribution in [0.25, 0.3) is 16.9 Å². The Labute approximate surface area is 173 Å². The van der Waals surface area contributed by atoms with E-state index in [2.05, 4.69) is 30.7 Å². The third-order valence-electron chi connectivity index (χ3n) is 4.77. The number of ether oxygens (including phenoxy) is 1. The molecule has 4 rings (SSSR count). The summed E-state index contributed by atoms with van der Waals surface area (Å²) in [7, 11) is 0. The Morgan fingerprint density at radius 2 is 1.97 bits per heavy atom. The smallest absolute Gasteiger partial charge is 0.229 e. The molecule has 156 valence electrons. The molecule has 3 heterocycles. The second-order valence-corrected chi connectivity index (χ2v) is 7.24. The third-order valence-corrected chi connectivity index (χ3v) is 4.77. The minimum absolute atomic E-state index is 0.0121. The molecule has 0 fully saturated rings. The van der Waals surface area contributed by atoms with Crippen molar-refractivity contribution in [1.29, 1.82) is 0 Å². The van der Waals surface area contributed by atoms with Gasteiger partial charge in [-0.2, -0.15) is 14.8 Å². The number of nitrogens with zero attached hydrogens (tertiary/aromatic N) is 7. The van der Waals surface area contributed by atoms with Gasteiger partial charge in [-0.05, 0) is 38.5 Å². The number of aliphatic hydroxyl groups is 1. The number of aliphatic hydroxyl groups excluding tert-OH is 1. The third kappa shape index (κ3) is 4.00. The summed E-state index contributed by atoms with van der Waals surface area (Å²) in [6.07, 6.45) is 5.26. The van der Waals surface area contributed by atoms with Crippen molar-refractivity contribution in [2.75, 3.05) is 18.5 Å². The van der Waals surface area contributed by atoms with Gasteiger partial charge in [-0.3, -0.25) is 4.68 Å². The summed E-state index contributed by atoms with van der Waals surface area (Å²) in [6.45, 7) is 7.02. The zero-order chi connectivity index (χ0) is 21.1. The van der Waals surface area contributed by atoms with Gasteiger partial charge in [0.2, 0.25) is 5.95 Å². The topological polar surface area (TPSA) is 116 Å². The molecular formula is C20H24N8O2. The van der Waals surface area contributed by atoms with E-state index in [0.29, 0.717) is 17.1 Å². The number of aromatic nitrogens is 7. The molecule has 0 radical (unpaired) electrons. The zero-order valence-electron chi connectivity index (χ0n) is 17.1. The summed E-state index contributed by atoms with van der Waals surface area (Å²) in [4.78, 5) is 8.89. The number of benzene rings is 1. The summed E-state index contributed by atoms with van der Waals surface area (Å²) in [6, 6.07) is 7.82. The van der Waals surface area contributed by atoms with E-state index in [0.717, 1.165) is 23.5 Å². The molecule has 0 aliphatic heterocycles. The van der Waals surface area contributed by atoms with Crippen molar-refractivity contribution in [3.63, 3.8) is 0 Å². The van der Waals surface area contributed by atoms with Gasteiger partial charge in [0.15, 0.2) is 11.2 Å². The Morgan fingerprint density at radius 1 is 1.17 bits per heavy atom. The fourth-order valence-corrected chi connectivity index (χ4v) is 3.08. The Balaban J connectivity index is 1.61. The van der Waals surface area contributed by atoms with E-state index >= 15 is 0 Å². The Bertz CT molecular complexity index is 1130. The minimum Gasteiger partial charge on any atom is -0.394 e. The van der Waals surface area contributed by atoms with Crippen LogP contribution in [0.15, 0.2) is 42.9 Å². The van der Waals surface area contributed by atoms with Crippen LogP contribution in [0, 0.1) is 0 Å². The van der Waals surface area contributed by atoms with Crippen LogP contribution in [0.3, 0.4) is 0 Å². The van der Waals surface area contributed by atoms with Crippen molar-refractivity contribution < 1.29 is 9.84 Å². The molecule has 2 N–H and O–H groups in total. The molecule has 0 aliphatic rings. The Hall–Kier alpha value is -3.37. The molecule has 0 unspecified atom stereocenters. The lowest BCUT2D eigenvalue weighted by Gasteiger charge is -2.25. The fourth-order valence-electron chi connectivity index (χ4n) is 3.08. The lowest BCUT2D eigenvalue weighted by atomic mass is 9.98. The predicted molar refractivity (Wildman–Crippen MR) is 112 cm³/mol.